The van der Waals surface area contributed by atoms with Crippen molar-refractivity contribution in [3.8, 4) is 0 Å². The van der Waals surface area contributed by atoms with Crippen molar-refractivity contribution in [3.63, 3.8) is 0 Å². The molecule has 0 spiro atoms. The summed E-state index contributed by atoms with van der Waals surface area (Å²) in [5.41, 5.74) is 8.55. The van der Waals surface area contributed by atoms with Crippen molar-refractivity contribution < 1.29 is 0 Å². The van der Waals surface area contributed by atoms with E-state index in [1.807, 2.05) is 0 Å². The molecule has 0 radical (unpaired) electrons. The van der Waals surface area contributed by atoms with Gasteiger partial charge in [0.1, 0.15) is 0 Å². The number of rotatable bonds is 8. The minimum atomic E-state index is 0.996. The Hall–Kier alpha value is -3.84. The van der Waals surface area contributed by atoms with E-state index in [-0.39, 0.29) is 0 Å². The molecule has 33 heavy (non-hydrogen) atoms. The molecule has 0 aliphatic carbocycles. The summed E-state index contributed by atoms with van der Waals surface area (Å²) in [6, 6.07) is 40.8. The van der Waals surface area contributed by atoms with Crippen LogP contribution in [0.15, 0.2) is 127 Å². The van der Waals surface area contributed by atoms with Gasteiger partial charge in [-0.2, -0.15) is 0 Å². The van der Waals surface area contributed by atoms with Crippen LogP contribution in [0.5, 0.6) is 0 Å². The van der Waals surface area contributed by atoms with Crippen LogP contribution in [0.4, 0.5) is 5.69 Å². The molecule has 0 heterocycles. The summed E-state index contributed by atoms with van der Waals surface area (Å²) in [6.07, 6.45) is 4.53. The molecule has 0 fully saturated rings. The van der Waals surface area contributed by atoms with Crippen LogP contribution in [0.1, 0.15) is 36.1 Å². The van der Waals surface area contributed by atoms with Crippen LogP contribution in [0, 0.1) is 0 Å². The lowest BCUT2D eigenvalue weighted by molar-refractivity contribution is 0.866. The second-order valence-corrected chi connectivity index (χ2v) is 7.98. The first kappa shape index (κ1) is 22.4. The van der Waals surface area contributed by atoms with Crippen molar-refractivity contribution >= 4 is 16.8 Å². The molecule has 0 N–H and O–H groups in total. The van der Waals surface area contributed by atoms with Crippen molar-refractivity contribution in [2.24, 2.45) is 0 Å². The molecule has 0 saturated heterocycles. The van der Waals surface area contributed by atoms with Crippen LogP contribution in [-0.4, -0.2) is 13.1 Å². The molecule has 0 unspecified atom stereocenters. The topological polar surface area (TPSA) is 3.24 Å². The Morgan fingerprint density at radius 3 is 1.33 bits per heavy atom. The Kier molecular flexibility index (Phi) is 7.56. The van der Waals surface area contributed by atoms with Gasteiger partial charge >= 0.3 is 0 Å². The van der Waals surface area contributed by atoms with Gasteiger partial charge in [-0.3, -0.25) is 0 Å². The third-order valence-corrected chi connectivity index (χ3v) is 5.96. The van der Waals surface area contributed by atoms with Crippen molar-refractivity contribution in [2.75, 3.05) is 18.0 Å². The van der Waals surface area contributed by atoms with Gasteiger partial charge in [-0.25, -0.2) is 0 Å². The molecule has 0 aromatic heterocycles. The zero-order chi connectivity index (χ0) is 22.9. The van der Waals surface area contributed by atoms with Gasteiger partial charge < -0.3 is 4.90 Å². The van der Waals surface area contributed by atoms with E-state index in [0.29, 0.717) is 0 Å². The molecule has 1 heteroatoms. The lowest BCUT2D eigenvalue weighted by Crippen LogP contribution is -2.21. The molecular formula is C32H31N. The third-order valence-electron chi connectivity index (χ3n) is 5.96. The first-order chi connectivity index (χ1) is 16.3. The first-order valence-electron chi connectivity index (χ1n) is 11.7. The molecule has 0 aliphatic heterocycles. The summed E-state index contributed by atoms with van der Waals surface area (Å²) < 4.78 is 0. The lowest BCUT2D eigenvalue weighted by atomic mass is 9.94. The van der Waals surface area contributed by atoms with Crippen molar-refractivity contribution in [3.05, 3.63) is 150 Å². The number of benzene rings is 4. The highest BCUT2D eigenvalue weighted by Crippen LogP contribution is 2.29. The largest absolute Gasteiger partial charge is 0.372 e. The fraction of sp³-hybridized carbons (Fsp3) is 0.125. The van der Waals surface area contributed by atoms with Crippen molar-refractivity contribution in [1.82, 2.24) is 0 Å². The van der Waals surface area contributed by atoms with Crippen LogP contribution < -0.4 is 4.90 Å². The van der Waals surface area contributed by atoms with E-state index in [2.05, 4.69) is 146 Å². The maximum absolute atomic E-state index is 2.39. The summed E-state index contributed by atoms with van der Waals surface area (Å²) >= 11 is 0. The van der Waals surface area contributed by atoms with Crippen LogP contribution in [0.2, 0.25) is 0 Å². The highest BCUT2D eigenvalue weighted by atomic mass is 15.1. The Balaban J connectivity index is 1.86. The summed E-state index contributed by atoms with van der Waals surface area (Å²) in [4.78, 5) is 2.39. The Morgan fingerprint density at radius 2 is 0.909 bits per heavy atom. The summed E-state index contributed by atoms with van der Waals surface area (Å²) in [7, 11) is 0. The number of hydrogen-bond acceptors (Lipinski definition) is 1. The highest BCUT2D eigenvalue weighted by Gasteiger charge is 2.09. The molecule has 0 saturated carbocycles. The molecule has 0 aliphatic rings. The minimum Gasteiger partial charge on any atom is -0.372 e. The van der Waals surface area contributed by atoms with Gasteiger partial charge in [0.05, 0.1) is 0 Å². The van der Waals surface area contributed by atoms with Crippen LogP contribution in [-0.2, 0) is 0 Å². The predicted molar refractivity (Wildman–Crippen MR) is 143 cm³/mol. The maximum Gasteiger partial charge on any atom is 0.0372 e. The van der Waals surface area contributed by atoms with E-state index < -0.39 is 0 Å². The number of allylic oxidation sites excluding steroid dienone is 2. The predicted octanol–water partition coefficient (Wildman–Crippen LogP) is 8.10. The zero-order valence-electron chi connectivity index (χ0n) is 19.5. The van der Waals surface area contributed by atoms with E-state index in [4.69, 9.17) is 0 Å². The van der Waals surface area contributed by atoms with Gasteiger partial charge in [0.15, 0.2) is 0 Å². The monoisotopic (exact) mass is 429 g/mol. The third kappa shape index (κ3) is 5.51. The van der Waals surface area contributed by atoms with E-state index in [1.165, 1.54) is 39.1 Å². The van der Waals surface area contributed by atoms with E-state index in [1.54, 1.807) is 0 Å². The highest BCUT2D eigenvalue weighted by molar-refractivity contribution is 5.86. The first-order valence-corrected chi connectivity index (χ1v) is 11.7. The van der Waals surface area contributed by atoms with Crippen molar-refractivity contribution in [1.29, 1.82) is 0 Å². The second-order valence-electron chi connectivity index (χ2n) is 7.98. The molecule has 1 nitrogen and oxygen atoms in total. The Bertz CT molecular complexity index is 1160. The second kappa shape index (κ2) is 11.2. The summed E-state index contributed by atoms with van der Waals surface area (Å²) in [5.74, 6) is 0. The molecule has 4 aromatic rings. The standard InChI is InChI=1S/C32H31N/c1-3-33(4-2)30-22-14-21-29(25-30)32(28-19-12-7-13-20-28)24-23-31(26-15-8-5-9-16-26)27-17-10-6-11-18-27/h5-25H,3-4H2,1-2H3/b32-24+. The van der Waals surface area contributed by atoms with E-state index >= 15 is 0 Å². The van der Waals surface area contributed by atoms with Crippen LogP contribution in [0.25, 0.3) is 11.1 Å². The average Bonchev–Trinajstić information content (AvgIpc) is 2.89. The van der Waals surface area contributed by atoms with Gasteiger partial charge in [0, 0.05) is 18.8 Å². The fourth-order valence-corrected chi connectivity index (χ4v) is 4.20. The lowest BCUT2D eigenvalue weighted by Gasteiger charge is -2.22. The maximum atomic E-state index is 2.39. The van der Waals surface area contributed by atoms with Gasteiger partial charge in [-0.15, -0.1) is 0 Å². The summed E-state index contributed by atoms with van der Waals surface area (Å²) in [5, 5.41) is 0. The van der Waals surface area contributed by atoms with Crippen LogP contribution >= 0.6 is 0 Å². The Morgan fingerprint density at radius 1 is 0.515 bits per heavy atom. The van der Waals surface area contributed by atoms with E-state index in [0.717, 1.165) is 13.1 Å². The van der Waals surface area contributed by atoms with E-state index in [9.17, 15) is 0 Å². The molecule has 0 amide bonds. The number of anilines is 1. The van der Waals surface area contributed by atoms with Crippen molar-refractivity contribution in [2.45, 2.75) is 13.8 Å². The Labute approximate surface area is 198 Å². The number of nitrogens with zero attached hydrogens (tertiary/aromatic N) is 1. The molecule has 164 valence electrons. The fourth-order valence-electron chi connectivity index (χ4n) is 4.20. The van der Waals surface area contributed by atoms with Gasteiger partial charge in [0.25, 0.3) is 0 Å². The SMILES string of the molecule is CCN(CC)c1cccc(/C(=C/C=C(c2ccccc2)c2ccccc2)c2ccccc2)c1. The number of hydrogen-bond donors (Lipinski definition) is 0. The average molecular weight is 430 g/mol. The normalized spacial score (nSPS) is 11.2. The molecule has 0 atom stereocenters. The smallest absolute Gasteiger partial charge is 0.0372 e. The summed E-state index contributed by atoms with van der Waals surface area (Å²) in [6.45, 7) is 6.41. The van der Waals surface area contributed by atoms with Gasteiger partial charge in [-0.05, 0) is 59.4 Å². The minimum absolute atomic E-state index is 0.996. The van der Waals surface area contributed by atoms with Gasteiger partial charge in [-0.1, -0.05) is 115 Å². The quantitative estimate of drug-likeness (QED) is 0.256. The molecular weight excluding hydrogens is 398 g/mol. The van der Waals surface area contributed by atoms with Gasteiger partial charge in [0.2, 0.25) is 0 Å². The molecule has 4 aromatic carbocycles. The van der Waals surface area contributed by atoms with Crippen LogP contribution in [0.3, 0.4) is 0 Å². The zero-order valence-corrected chi connectivity index (χ0v) is 19.5. The molecule has 4 rings (SSSR count). The molecule has 0 bridgehead atoms.